The standard InChI is InChI=1S/C42H26O15/c43-27-23-24(32(48)39(55)38(54)31(23)47)35(51)41-25(27)26-33(49)30(46)22(34(50)42(26)57-41)21-17-7-3-1-5-15(17)19(16-6-2-4-8-18(16)21)13-9-11-14(12-10-13)20-28(44)36(52)40(56)37(53)29(20)45/h1-12,43-56H. The molecule has 14 N–H and O–H groups in total. The Bertz CT molecular complexity index is 3190. The second-order valence-corrected chi connectivity index (χ2v) is 13.3. The van der Waals surface area contributed by atoms with Crippen LogP contribution in [0.3, 0.4) is 0 Å². The van der Waals surface area contributed by atoms with Crippen LogP contribution in [0.2, 0.25) is 0 Å². The summed E-state index contributed by atoms with van der Waals surface area (Å²) < 4.78 is 5.82. The molecule has 0 radical (unpaired) electrons. The summed E-state index contributed by atoms with van der Waals surface area (Å²) in [6, 6.07) is 20.1. The first-order chi connectivity index (χ1) is 27.2. The SMILES string of the molecule is Oc1c(O)c(O)c(-c2ccc(-c3c4ccccc4c(-c4c(O)c(O)c5c(oc6c(O)c7c(O)c(O)c(O)c(O)c7c(O)c65)c4O)c4ccccc34)cc2)c(O)c1O. The van der Waals surface area contributed by atoms with E-state index >= 15 is 0 Å². The smallest absolute Gasteiger partial charge is 0.208 e. The van der Waals surface area contributed by atoms with Crippen LogP contribution in [-0.4, -0.2) is 71.5 Å². The summed E-state index contributed by atoms with van der Waals surface area (Å²) in [6.45, 7) is 0. The molecule has 0 atom stereocenters. The number of phenolic OH excluding ortho intramolecular Hbond substituents is 14. The zero-order valence-corrected chi connectivity index (χ0v) is 28.6. The monoisotopic (exact) mass is 770 g/mol. The van der Waals surface area contributed by atoms with Crippen LogP contribution >= 0.6 is 0 Å². The fraction of sp³-hybridized carbons (Fsp3) is 0. The molecule has 0 aliphatic heterocycles. The lowest BCUT2D eigenvalue weighted by molar-refractivity contribution is 0.330. The van der Waals surface area contributed by atoms with Gasteiger partial charge in [-0.05, 0) is 38.2 Å². The van der Waals surface area contributed by atoms with E-state index in [0.29, 0.717) is 32.7 Å². The van der Waals surface area contributed by atoms with Gasteiger partial charge in [0.05, 0.1) is 32.7 Å². The molecule has 0 aliphatic carbocycles. The van der Waals surface area contributed by atoms with Crippen molar-refractivity contribution in [1.29, 1.82) is 0 Å². The Hall–Kier alpha value is -8.46. The van der Waals surface area contributed by atoms with Crippen LogP contribution in [0.4, 0.5) is 0 Å². The maximum Gasteiger partial charge on any atom is 0.208 e. The lowest BCUT2D eigenvalue weighted by atomic mass is 9.84. The van der Waals surface area contributed by atoms with Crippen molar-refractivity contribution in [1.82, 2.24) is 0 Å². The minimum absolute atomic E-state index is 0.165. The molecule has 0 amide bonds. The third-order valence-electron chi connectivity index (χ3n) is 10.4. The van der Waals surface area contributed by atoms with Crippen LogP contribution in [0.25, 0.3) is 87.6 Å². The van der Waals surface area contributed by atoms with Gasteiger partial charge in [0.15, 0.2) is 57.2 Å². The number of hydrogen-bond donors (Lipinski definition) is 14. The molecule has 1 aromatic heterocycles. The van der Waals surface area contributed by atoms with E-state index in [9.17, 15) is 71.5 Å². The van der Waals surface area contributed by atoms with Gasteiger partial charge in [0.1, 0.15) is 5.75 Å². The molecule has 1 heterocycles. The highest BCUT2D eigenvalue weighted by Crippen LogP contribution is 2.62. The first-order valence-corrected chi connectivity index (χ1v) is 16.8. The Morgan fingerprint density at radius 2 is 0.579 bits per heavy atom. The Balaban J connectivity index is 1.33. The van der Waals surface area contributed by atoms with Gasteiger partial charge < -0.3 is 75.9 Å². The van der Waals surface area contributed by atoms with Gasteiger partial charge in [-0.2, -0.15) is 0 Å². The van der Waals surface area contributed by atoms with Crippen LogP contribution in [0.5, 0.6) is 80.5 Å². The van der Waals surface area contributed by atoms with E-state index in [2.05, 4.69) is 0 Å². The van der Waals surface area contributed by atoms with E-state index in [4.69, 9.17) is 4.42 Å². The minimum Gasteiger partial charge on any atom is -0.506 e. The summed E-state index contributed by atoms with van der Waals surface area (Å²) in [5, 5.41) is 150. The van der Waals surface area contributed by atoms with Gasteiger partial charge >= 0.3 is 0 Å². The molecule has 15 nitrogen and oxygen atoms in total. The molecule has 0 fully saturated rings. The lowest BCUT2D eigenvalue weighted by Gasteiger charge is -2.19. The zero-order valence-electron chi connectivity index (χ0n) is 28.6. The molecule has 9 aromatic rings. The molecule has 57 heavy (non-hydrogen) atoms. The van der Waals surface area contributed by atoms with E-state index < -0.39 is 113 Å². The molecule has 0 aliphatic rings. The molecule has 8 aromatic carbocycles. The number of furan rings is 1. The highest BCUT2D eigenvalue weighted by Gasteiger charge is 2.34. The van der Waals surface area contributed by atoms with E-state index in [1.165, 1.54) is 12.1 Å². The topological polar surface area (TPSA) is 296 Å². The van der Waals surface area contributed by atoms with Gasteiger partial charge in [0.25, 0.3) is 0 Å². The Morgan fingerprint density at radius 1 is 0.246 bits per heavy atom. The van der Waals surface area contributed by atoms with Crippen LogP contribution in [0, 0.1) is 0 Å². The third-order valence-corrected chi connectivity index (χ3v) is 10.4. The van der Waals surface area contributed by atoms with Crippen molar-refractivity contribution >= 4 is 54.3 Å². The zero-order chi connectivity index (χ0) is 40.5. The Morgan fingerprint density at radius 3 is 1.07 bits per heavy atom. The van der Waals surface area contributed by atoms with Crippen molar-refractivity contribution in [2.24, 2.45) is 0 Å². The van der Waals surface area contributed by atoms with Gasteiger partial charge in [0, 0.05) is 5.56 Å². The highest BCUT2D eigenvalue weighted by molar-refractivity contribution is 6.27. The molecule has 0 spiro atoms. The van der Waals surface area contributed by atoms with Crippen molar-refractivity contribution < 1.29 is 75.9 Å². The molecule has 0 saturated carbocycles. The Kier molecular flexibility index (Phi) is 6.94. The first-order valence-electron chi connectivity index (χ1n) is 16.8. The average molecular weight is 771 g/mol. The van der Waals surface area contributed by atoms with Crippen LogP contribution in [0.1, 0.15) is 0 Å². The lowest BCUT2D eigenvalue weighted by Crippen LogP contribution is -1.92. The fourth-order valence-corrected chi connectivity index (χ4v) is 7.78. The number of phenols is 14. The number of rotatable bonds is 3. The minimum atomic E-state index is -1.23. The normalized spacial score (nSPS) is 11.8. The molecule has 284 valence electrons. The maximum atomic E-state index is 12.0. The quantitative estimate of drug-likeness (QED) is 0.0461. The second kappa shape index (κ2) is 11.5. The number of benzene rings is 8. The van der Waals surface area contributed by atoms with Crippen molar-refractivity contribution in [3.05, 3.63) is 72.8 Å². The third kappa shape index (κ3) is 4.29. The van der Waals surface area contributed by atoms with E-state index in [0.717, 1.165) is 0 Å². The van der Waals surface area contributed by atoms with Gasteiger partial charge in [-0.25, -0.2) is 0 Å². The molecule has 0 saturated heterocycles. The summed E-state index contributed by atoms with van der Waals surface area (Å²) in [5.74, 6) is -14.1. The highest BCUT2D eigenvalue weighted by atomic mass is 16.4. The largest absolute Gasteiger partial charge is 0.506 e. The molecule has 15 heteroatoms. The van der Waals surface area contributed by atoms with Gasteiger partial charge in [-0.15, -0.1) is 0 Å². The van der Waals surface area contributed by atoms with Crippen molar-refractivity contribution in [2.75, 3.05) is 0 Å². The molecule has 0 bridgehead atoms. The van der Waals surface area contributed by atoms with Crippen LogP contribution in [-0.2, 0) is 0 Å². The molecular weight excluding hydrogens is 744 g/mol. The van der Waals surface area contributed by atoms with Crippen LogP contribution < -0.4 is 0 Å². The number of hydrogen-bond acceptors (Lipinski definition) is 15. The summed E-state index contributed by atoms with van der Waals surface area (Å²) in [5.41, 5.74) is -0.238. The van der Waals surface area contributed by atoms with Gasteiger partial charge in [0.2, 0.25) is 28.7 Å². The Labute approximate surface area is 316 Å². The van der Waals surface area contributed by atoms with E-state index in [-0.39, 0.29) is 22.3 Å². The molecular formula is C42H26O15. The summed E-state index contributed by atoms with van der Waals surface area (Å²) in [6.07, 6.45) is 0. The number of fused-ring (bicyclic) bond motifs is 6. The summed E-state index contributed by atoms with van der Waals surface area (Å²) in [4.78, 5) is 0. The van der Waals surface area contributed by atoms with Crippen LogP contribution in [0.15, 0.2) is 77.2 Å². The average Bonchev–Trinajstić information content (AvgIpc) is 3.63. The van der Waals surface area contributed by atoms with Gasteiger partial charge in [-0.1, -0.05) is 72.8 Å². The van der Waals surface area contributed by atoms with Crippen molar-refractivity contribution in [3.8, 4) is 114 Å². The van der Waals surface area contributed by atoms with E-state index in [1.54, 1.807) is 60.7 Å². The predicted molar refractivity (Wildman–Crippen MR) is 206 cm³/mol. The van der Waals surface area contributed by atoms with E-state index in [1.807, 2.05) is 0 Å². The predicted octanol–water partition coefficient (Wildman–Crippen LogP) is 7.92. The maximum absolute atomic E-state index is 12.0. The van der Waals surface area contributed by atoms with Crippen molar-refractivity contribution in [3.63, 3.8) is 0 Å². The van der Waals surface area contributed by atoms with Crippen molar-refractivity contribution in [2.45, 2.75) is 0 Å². The molecule has 0 unspecified atom stereocenters. The first kappa shape index (κ1) is 34.3. The fourth-order valence-electron chi connectivity index (χ4n) is 7.78. The summed E-state index contributed by atoms with van der Waals surface area (Å²) >= 11 is 0. The molecule has 9 rings (SSSR count). The van der Waals surface area contributed by atoms with Gasteiger partial charge in [-0.3, -0.25) is 0 Å². The second-order valence-electron chi connectivity index (χ2n) is 13.3. The summed E-state index contributed by atoms with van der Waals surface area (Å²) in [7, 11) is 0. The number of aromatic hydroxyl groups is 14.